The second-order valence-corrected chi connectivity index (χ2v) is 3.99. The van der Waals surface area contributed by atoms with E-state index >= 15 is 0 Å². The van der Waals surface area contributed by atoms with E-state index in [9.17, 15) is 4.79 Å². The zero-order valence-corrected chi connectivity index (χ0v) is 8.50. The minimum absolute atomic E-state index is 0.107. The summed E-state index contributed by atoms with van der Waals surface area (Å²) in [7, 11) is 0. The van der Waals surface area contributed by atoms with Crippen molar-refractivity contribution >= 4 is 5.78 Å². The molecule has 2 saturated heterocycles. The van der Waals surface area contributed by atoms with Crippen molar-refractivity contribution in [1.29, 1.82) is 0 Å². The summed E-state index contributed by atoms with van der Waals surface area (Å²) in [5.41, 5.74) is 0. The summed E-state index contributed by atoms with van der Waals surface area (Å²) in [4.78, 5) is 13.9. The van der Waals surface area contributed by atoms with Crippen molar-refractivity contribution in [3.8, 4) is 0 Å². The van der Waals surface area contributed by atoms with Crippen molar-refractivity contribution in [3.63, 3.8) is 0 Å². The van der Waals surface area contributed by atoms with Crippen LogP contribution in [-0.4, -0.2) is 56.1 Å². The van der Waals surface area contributed by atoms with Gasteiger partial charge in [-0.2, -0.15) is 0 Å². The third-order valence-corrected chi connectivity index (χ3v) is 2.88. The molecule has 4 nitrogen and oxygen atoms in total. The highest BCUT2D eigenvalue weighted by Gasteiger charge is 2.25. The number of nitrogens with one attached hydrogen (secondary N) is 1. The lowest BCUT2D eigenvalue weighted by atomic mass is 10.1. The van der Waals surface area contributed by atoms with E-state index in [2.05, 4.69) is 10.2 Å². The van der Waals surface area contributed by atoms with Gasteiger partial charge in [0.1, 0.15) is 6.10 Å². The first-order valence-corrected chi connectivity index (χ1v) is 5.43. The van der Waals surface area contributed by atoms with E-state index in [4.69, 9.17) is 4.74 Å². The molecule has 0 aromatic carbocycles. The van der Waals surface area contributed by atoms with E-state index in [0.29, 0.717) is 6.54 Å². The van der Waals surface area contributed by atoms with Crippen LogP contribution in [0.3, 0.4) is 0 Å². The average molecular weight is 198 g/mol. The predicted octanol–water partition coefficient (Wildman–Crippen LogP) is -0.360. The van der Waals surface area contributed by atoms with Crippen LogP contribution in [0, 0.1) is 0 Å². The predicted molar refractivity (Wildman–Crippen MR) is 53.3 cm³/mol. The fourth-order valence-electron chi connectivity index (χ4n) is 2.02. The van der Waals surface area contributed by atoms with Crippen LogP contribution < -0.4 is 5.32 Å². The molecule has 1 N–H and O–H groups in total. The molecule has 2 aliphatic heterocycles. The van der Waals surface area contributed by atoms with Crippen molar-refractivity contribution in [2.45, 2.75) is 18.9 Å². The van der Waals surface area contributed by atoms with Gasteiger partial charge >= 0.3 is 0 Å². The Hall–Kier alpha value is -0.450. The smallest absolute Gasteiger partial charge is 0.175 e. The summed E-state index contributed by atoms with van der Waals surface area (Å²) in [5, 5.41) is 3.27. The molecule has 0 saturated carbocycles. The van der Waals surface area contributed by atoms with Crippen LogP contribution in [0.4, 0.5) is 0 Å². The lowest BCUT2D eigenvalue weighted by Gasteiger charge is -2.27. The molecular weight excluding hydrogens is 180 g/mol. The number of Topliss-reactive ketones (excluding diaryl/α,β-unsaturated/α-hetero) is 1. The Morgan fingerprint density at radius 2 is 2.21 bits per heavy atom. The number of hydrogen-bond donors (Lipinski definition) is 1. The number of ketones is 1. The molecule has 0 aromatic rings. The van der Waals surface area contributed by atoms with Crippen molar-refractivity contribution < 1.29 is 9.53 Å². The molecule has 80 valence electrons. The maximum atomic E-state index is 11.7. The maximum Gasteiger partial charge on any atom is 0.175 e. The molecule has 2 rings (SSSR count). The molecule has 0 aromatic heterocycles. The van der Waals surface area contributed by atoms with Crippen LogP contribution in [0.15, 0.2) is 0 Å². The van der Waals surface area contributed by atoms with Gasteiger partial charge in [0, 0.05) is 32.8 Å². The quantitative estimate of drug-likeness (QED) is 0.672. The van der Waals surface area contributed by atoms with Gasteiger partial charge in [0.05, 0.1) is 6.54 Å². The number of nitrogens with zero attached hydrogens (tertiary/aromatic N) is 1. The molecular formula is C10H18N2O2. The van der Waals surface area contributed by atoms with Crippen molar-refractivity contribution in [2.75, 3.05) is 39.3 Å². The monoisotopic (exact) mass is 198 g/mol. The molecule has 0 bridgehead atoms. The van der Waals surface area contributed by atoms with Crippen LogP contribution >= 0.6 is 0 Å². The number of carbonyl (C=O) groups is 1. The highest BCUT2D eigenvalue weighted by molar-refractivity contribution is 5.85. The molecule has 2 fully saturated rings. The molecule has 1 atom stereocenters. The summed E-state index contributed by atoms with van der Waals surface area (Å²) >= 11 is 0. The fourth-order valence-corrected chi connectivity index (χ4v) is 2.02. The first-order chi connectivity index (χ1) is 6.86. The van der Waals surface area contributed by atoms with Crippen LogP contribution in [0.2, 0.25) is 0 Å². The normalized spacial score (nSPS) is 29.3. The van der Waals surface area contributed by atoms with Crippen molar-refractivity contribution in [2.24, 2.45) is 0 Å². The minimum atomic E-state index is -0.107. The fraction of sp³-hybridized carbons (Fsp3) is 0.900. The zero-order chi connectivity index (χ0) is 9.80. The van der Waals surface area contributed by atoms with Gasteiger partial charge in [-0.25, -0.2) is 0 Å². The van der Waals surface area contributed by atoms with Crippen LogP contribution in [-0.2, 0) is 9.53 Å². The summed E-state index contributed by atoms with van der Waals surface area (Å²) in [6.07, 6.45) is 1.85. The highest BCUT2D eigenvalue weighted by Crippen LogP contribution is 2.13. The Kier molecular flexibility index (Phi) is 3.50. The molecule has 0 aliphatic carbocycles. The standard InChI is InChI=1S/C10H18N2O2/c13-9(10-2-1-7-14-10)8-12-5-3-11-4-6-12/h10-11H,1-8H2. The van der Waals surface area contributed by atoms with E-state index in [-0.39, 0.29) is 11.9 Å². The Balaban J connectivity index is 1.75. The molecule has 4 heteroatoms. The van der Waals surface area contributed by atoms with Crippen molar-refractivity contribution in [1.82, 2.24) is 10.2 Å². The van der Waals surface area contributed by atoms with Crippen molar-refractivity contribution in [3.05, 3.63) is 0 Å². The first kappa shape index (κ1) is 10.1. The molecule has 0 radical (unpaired) electrons. The minimum Gasteiger partial charge on any atom is -0.370 e. The maximum absolute atomic E-state index is 11.7. The molecule has 1 unspecified atom stereocenters. The van der Waals surface area contributed by atoms with Crippen LogP contribution in [0.1, 0.15) is 12.8 Å². The lowest BCUT2D eigenvalue weighted by Crippen LogP contribution is -2.46. The summed E-state index contributed by atoms with van der Waals surface area (Å²) < 4.78 is 5.36. The van der Waals surface area contributed by atoms with E-state index < -0.39 is 0 Å². The van der Waals surface area contributed by atoms with Gasteiger partial charge in [0.25, 0.3) is 0 Å². The van der Waals surface area contributed by atoms with Gasteiger partial charge in [-0.1, -0.05) is 0 Å². The Morgan fingerprint density at radius 3 is 2.86 bits per heavy atom. The van der Waals surface area contributed by atoms with Gasteiger partial charge in [-0.05, 0) is 12.8 Å². The number of piperazine rings is 1. The van der Waals surface area contributed by atoms with E-state index in [1.54, 1.807) is 0 Å². The number of hydrogen-bond acceptors (Lipinski definition) is 4. The Morgan fingerprint density at radius 1 is 1.43 bits per heavy atom. The first-order valence-electron chi connectivity index (χ1n) is 5.43. The van der Waals surface area contributed by atoms with E-state index in [0.717, 1.165) is 45.6 Å². The molecule has 2 heterocycles. The second-order valence-electron chi connectivity index (χ2n) is 3.99. The van der Waals surface area contributed by atoms with E-state index in [1.807, 2.05) is 0 Å². The number of rotatable bonds is 3. The molecule has 2 aliphatic rings. The van der Waals surface area contributed by atoms with Gasteiger partial charge < -0.3 is 10.1 Å². The van der Waals surface area contributed by atoms with Gasteiger partial charge in [-0.3, -0.25) is 9.69 Å². The topological polar surface area (TPSA) is 41.6 Å². The molecule has 14 heavy (non-hydrogen) atoms. The van der Waals surface area contributed by atoms with E-state index in [1.165, 1.54) is 0 Å². The van der Waals surface area contributed by atoms with Gasteiger partial charge in [0.2, 0.25) is 0 Å². The summed E-state index contributed by atoms with van der Waals surface area (Å²) in [6, 6.07) is 0. The Bertz CT molecular complexity index is 196. The van der Waals surface area contributed by atoms with Crippen LogP contribution in [0.25, 0.3) is 0 Å². The summed E-state index contributed by atoms with van der Waals surface area (Å²) in [6.45, 7) is 5.30. The number of ether oxygens (including phenoxy) is 1. The Labute approximate surface area is 84.6 Å². The third-order valence-electron chi connectivity index (χ3n) is 2.88. The lowest BCUT2D eigenvalue weighted by molar-refractivity contribution is -0.129. The number of carbonyl (C=O) groups excluding carboxylic acids is 1. The molecule has 0 amide bonds. The highest BCUT2D eigenvalue weighted by atomic mass is 16.5. The van der Waals surface area contributed by atoms with Gasteiger partial charge in [0.15, 0.2) is 5.78 Å². The largest absolute Gasteiger partial charge is 0.370 e. The zero-order valence-electron chi connectivity index (χ0n) is 8.50. The molecule has 0 spiro atoms. The third kappa shape index (κ3) is 2.53. The van der Waals surface area contributed by atoms with Crippen LogP contribution in [0.5, 0.6) is 0 Å². The SMILES string of the molecule is O=C(CN1CCNCC1)C1CCCO1. The second kappa shape index (κ2) is 4.87. The average Bonchev–Trinajstić information content (AvgIpc) is 2.72. The van der Waals surface area contributed by atoms with Gasteiger partial charge in [-0.15, -0.1) is 0 Å². The summed E-state index contributed by atoms with van der Waals surface area (Å²) in [5.74, 6) is 0.268.